The number of methoxy groups -OCH3 is 1. The van der Waals surface area contributed by atoms with Crippen LogP contribution in [-0.4, -0.2) is 7.11 Å². The fourth-order valence-electron chi connectivity index (χ4n) is 1.43. The second-order valence-corrected chi connectivity index (χ2v) is 3.21. The van der Waals surface area contributed by atoms with Crippen LogP contribution in [0.5, 0.6) is 5.75 Å². The number of benzene rings is 1. The van der Waals surface area contributed by atoms with Gasteiger partial charge in [0.05, 0.1) is 7.11 Å². The van der Waals surface area contributed by atoms with E-state index in [0.29, 0.717) is 0 Å². The second kappa shape index (κ2) is 5.45. The van der Waals surface area contributed by atoms with Gasteiger partial charge in [-0.25, -0.2) is 0 Å². The Balaban J connectivity index is 2.77. The molecule has 0 unspecified atom stereocenters. The minimum Gasteiger partial charge on any atom is -0.496 e. The van der Waals surface area contributed by atoms with E-state index in [0.717, 1.165) is 24.2 Å². The lowest BCUT2D eigenvalue weighted by molar-refractivity contribution is 0.404. The average molecular weight is 191 g/mol. The van der Waals surface area contributed by atoms with E-state index in [9.17, 15) is 0 Å². The molecule has 0 spiro atoms. The molecule has 0 aliphatic rings. The fourth-order valence-corrected chi connectivity index (χ4v) is 1.43. The fraction of sp³-hybridized carbons (Fsp3) is 0.333. The highest BCUT2D eigenvalue weighted by molar-refractivity contribution is 5.35. The van der Waals surface area contributed by atoms with Crippen LogP contribution in [0.2, 0.25) is 0 Å². The lowest BCUT2D eigenvalue weighted by Gasteiger charge is -2.14. The van der Waals surface area contributed by atoms with E-state index in [1.807, 2.05) is 30.3 Å². The maximum atomic E-state index is 6.03. The van der Waals surface area contributed by atoms with Crippen LogP contribution in [0.1, 0.15) is 24.4 Å². The molecule has 76 valence electrons. The van der Waals surface area contributed by atoms with Crippen LogP contribution in [0.3, 0.4) is 0 Å². The molecule has 1 atom stereocenters. The number of nitrogens with two attached hydrogens (primary N) is 1. The van der Waals surface area contributed by atoms with Gasteiger partial charge < -0.3 is 10.5 Å². The summed E-state index contributed by atoms with van der Waals surface area (Å²) in [7, 11) is 1.67. The lowest BCUT2D eigenvalue weighted by Crippen LogP contribution is -2.10. The monoisotopic (exact) mass is 191 g/mol. The van der Waals surface area contributed by atoms with Crippen molar-refractivity contribution < 1.29 is 4.74 Å². The van der Waals surface area contributed by atoms with Gasteiger partial charge in [-0.05, 0) is 18.9 Å². The van der Waals surface area contributed by atoms with E-state index in [1.165, 1.54) is 0 Å². The van der Waals surface area contributed by atoms with Crippen LogP contribution >= 0.6 is 0 Å². The molecule has 2 nitrogen and oxygen atoms in total. The van der Waals surface area contributed by atoms with E-state index < -0.39 is 0 Å². The van der Waals surface area contributed by atoms with Crippen molar-refractivity contribution in [1.82, 2.24) is 0 Å². The van der Waals surface area contributed by atoms with E-state index in [-0.39, 0.29) is 6.04 Å². The van der Waals surface area contributed by atoms with E-state index in [2.05, 4.69) is 6.58 Å². The van der Waals surface area contributed by atoms with Gasteiger partial charge in [-0.15, -0.1) is 6.58 Å². The van der Waals surface area contributed by atoms with Gasteiger partial charge in [-0.3, -0.25) is 0 Å². The number of allylic oxidation sites excluding steroid dienone is 1. The molecule has 0 radical (unpaired) electrons. The summed E-state index contributed by atoms with van der Waals surface area (Å²) in [6, 6.07) is 7.90. The first-order chi connectivity index (χ1) is 6.79. The third-order valence-electron chi connectivity index (χ3n) is 2.22. The predicted octanol–water partition coefficient (Wildman–Crippen LogP) is 2.66. The van der Waals surface area contributed by atoms with Gasteiger partial charge in [-0.1, -0.05) is 24.3 Å². The number of ether oxygens (including phenoxy) is 1. The van der Waals surface area contributed by atoms with Gasteiger partial charge in [0, 0.05) is 11.6 Å². The molecule has 1 aromatic carbocycles. The third-order valence-corrected chi connectivity index (χ3v) is 2.22. The maximum Gasteiger partial charge on any atom is 0.123 e. The smallest absolute Gasteiger partial charge is 0.123 e. The molecule has 14 heavy (non-hydrogen) atoms. The topological polar surface area (TPSA) is 35.2 Å². The summed E-state index contributed by atoms with van der Waals surface area (Å²) in [5.74, 6) is 0.865. The highest BCUT2D eigenvalue weighted by Crippen LogP contribution is 2.25. The molecule has 0 saturated heterocycles. The predicted molar refractivity (Wildman–Crippen MR) is 59.4 cm³/mol. The molecule has 0 aliphatic heterocycles. The van der Waals surface area contributed by atoms with Gasteiger partial charge in [0.15, 0.2) is 0 Å². The minimum atomic E-state index is 0.0316. The number of hydrogen-bond acceptors (Lipinski definition) is 2. The van der Waals surface area contributed by atoms with Crippen LogP contribution in [-0.2, 0) is 0 Å². The second-order valence-electron chi connectivity index (χ2n) is 3.21. The van der Waals surface area contributed by atoms with E-state index in [1.54, 1.807) is 7.11 Å². The van der Waals surface area contributed by atoms with Crippen molar-refractivity contribution in [3.63, 3.8) is 0 Å². The van der Waals surface area contributed by atoms with Crippen LogP contribution in [0.15, 0.2) is 36.9 Å². The van der Waals surface area contributed by atoms with Gasteiger partial charge in [-0.2, -0.15) is 0 Å². The zero-order chi connectivity index (χ0) is 10.4. The van der Waals surface area contributed by atoms with E-state index >= 15 is 0 Å². The molecule has 0 amide bonds. The Morgan fingerprint density at radius 3 is 2.86 bits per heavy atom. The SMILES string of the molecule is C=CCC[C@H](N)c1ccccc1OC. The molecule has 2 heteroatoms. The molecular formula is C12H17NO. The summed E-state index contributed by atoms with van der Waals surface area (Å²) < 4.78 is 5.24. The Kier molecular flexibility index (Phi) is 4.20. The summed E-state index contributed by atoms with van der Waals surface area (Å²) >= 11 is 0. The third kappa shape index (κ3) is 2.60. The number of rotatable bonds is 5. The highest BCUT2D eigenvalue weighted by atomic mass is 16.5. The largest absolute Gasteiger partial charge is 0.496 e. The van der Waals surface area contributed by atoms with Gasteiger partial charge in [0.2, 0.25) is 0 Å². The van der Waals surface area contributed by atoms with Crippen LogP contribution in [0, 0.1) is 0 Å². The molecule has 1 aromatic rings. The Hall–Kier alpha value is -1.28. The highest BCUT2D eigenvalue weighted by Gasteiger charge is 2.09. The van der Waals surface area contributed by atoms with Gasteiger partial charge >= 0.3 is 0 Å². The number of para-hydroxylation sites is 1. The molecular weight excluding hydrogens is 174 g/mol. The van der Waals surface area contributed by atoms with Crippen molar-refractivity contribution in [2.24, 2.45) is 5.73 Å². The zero-order valence-corrected chi connectivity index (χ0v) is 8.57. The van der Waals surface area contributed by atoms with Crippen molar-refractivity contribution in [3.05, 3.63) is 42.5 Å². The summed E-state index contributed by atoms with van der Waals surface area (Å²) in [6.45, 7) is 3.68. The quantitative estimate of drug-likeness (QED) is 0.726. The van der Waals surface area contributed by atoms with Crippen molar-refractivity contribution in [1.29, 1.82) is 0 Å². The minimum absolute atomic E-state index is 0.0316. The molecule has 0 fully saturated rings. The first kappa shape index (κ1) is 10.8. The maximum absolute atomic E-state index is 6.03. The van der Waals surface area contributed by atoms with Crippen molar-refractivity contribution in [2.45, 2.75) is 18.9 Å². The number of hydrogen-bond donors (Lipinski definition) is 1. The molecule has 0 heterocycles. The molecule has 2 N–H and O–H groups in total. The summed E-state index contributed by atoms with van der Waals surface area (Å²) in [6.07, 6.45) is 3.72. The summed E-state index contributed by atoms with van der Waals surface area (Å²) in [4.78, 5) is 0. The molecule has 0 aromatic heterocycles. The Morgan fingerprint density at radius 2 is 2.21 bits per heavy atom. The van der Waals surface area contributed by atoms with Crippen molar-refractivity contribution in [2.75, 3.05) is 7.11 Å². The summed E-state index contributed by atoms with van der Waals surface area (Å²) in [5, 5.41) is 0. The zero-order valence-electron chi connectivity index (χ0n) is 8.57. The lowest BCUT2D eigenvalue weighted by atomic mass is 10.0. The molecule has 0 aliphatic carbocycles. The van der Waals surface area contributed by atoms with Crippen molar-refractivity contribution >= 4 is 0 Å². The van der Waals surface area contributed by atoms with Crippen molar-refractivity contribution in [3.8, 4) is 5.75 Å². The van der Waals surface area contributed by atoms with Crippen LogP contribution in [0.25, 0.3) is 0 Å². The first-order valence-corrected chi connectivity index (χ1v) is 4.79. The van der Waals surface area contributed by atoms with Gasteiger partial charge in [0.1, 0.15) is 5.75 Å². The Morgan fingerprint density at radius 1 is 1.50 bits per heavy atom. The Bertz CT molecular complexity index is 296. The molecule has 1 rings (SSSR count). The molecule has 0 bridgehead atoms. The van der Waals surface area contributed by atoms with Gasteiger partial charge in [0.25, 0.3) is 0 Å². The normalized spacial score (nSPS) is 12.1. The van der Waals surface area contributed by atoms with Crippen LogP contribution in [0.4, 0.5) is 0 Å². The first-order valence-electron chi connectivity index (χ1n) is 4.79. The standard InChI is InChI=1S/C12H17NO/c1-3-4-8-11(13)10-7-5-6-9-12(10)14-2/h3,5-7,9,11H,1,4,8,13H2,2H3/t11-/m0/s1. The average Bonchev–Trinajstić information content (AvgIpc) is 2.25. The molecule has 0 saturated carbocycles. The summed E-state index contributed by atoms with van der Waals surface area (Å²) in [5.41, 5.74) is 7.10. The van der Waals surface area contributed by atoms with Crippen LogP contribution < -0.4 is 10.5 Å². The Labute approximate surface area is 85.4 Å². The van der Waals surface area contributed by atoms with E-state index in [4.69, 9.17) is 10.5 Å².